The van der Waals surface area contributed by atoms with E-state index in [1.165, 1.54) is 270 Å². The third-order valence-corrected chi connectivity index (χ3v) is 16.2. The Bertz CT molecular complexity index is 1520. The van der Waals surface area contributed by atoms with E-state index in [1.807, 2.05) is 12.2 Å². The van der Waals surface area contributed by atoms with Crippen LogP contribution in [0.2, 0.25) is 0 Å². The fourth-order valence-corrected chi connectivity index (χ4v) is 10.8. The number of rotatable bonds is 67. The van der Waals surface area contributed by atoms with Gasteiger partial charge in [-0.15, -0.1) is 0 Å². The van der Waals surface area contributed by atoms with Gasteiger partial charge < -0.3 is 14.2 Å². The second-order valence-electron chi connectivity index (χ2n) is 24.5. The molecular weight excluding hydrogens is 1020 g/mol. The number of allylic oxidation sites excluding steroid dienone is 11. The van der Waals surface area contributed by atoms with Gasteiger partial charge in [0.05, 0.1) is 6.42 Å². The number of carbonyl (C=O) groups excluding carboxylic acids is 3. The average Bonchev–Trinajstić information content (AvgIpc) is 3.50. The molecule has 6 nitrogen and oxygen atoms in total. The highest BCUT2D eigenvalue weighted by Crippen LogP contribution is 2.18. The lowest BCUT2D eigenvalue weighted by Crippen LogP contribution is -2.30. The van der Waals surface area contributed by atoms with Crippen LogP contribution in [0.5, 0.6) is 0 Å². The summed E-state index contributed by atoms with van der Waals surface area (Å²) in [6.07, 6.45) is 94.1. The molecule has 0 aliphatic heterocycles. The van der Waals surface area contributed by atoms with Gasteiger partial charge in [0, 0.05) is 12.8 Å². The molecule has 0 heterocycles. The number of ether oxygens (including phenoxy) is 3. The highest BCUT2D eigenvalue weighted by Gasteiger charge is 2.19. The molecule has 0 aromatic rings. The summed E-state index contributed by atoms with van der Waals surface area (Å²) < 4.78 is 16.9. The Hall–Kier alpha value is -3.15. The van der Waals surface area contributed by atoms with Crippen LogP contribution >= 0.6 is 0 Å². The fraction of sp³-hybridized carbons (Fsp3) is 0.805. The largest absolute Gasteiger partial charge is 0.462 e. The van der Waals surface area contributed by atoms with E-state index in [9.17, 15) is 14.4 Å². The lowest BCUT2D eigenvalue weighted by atomic mass is 10.0. The summed E-state index contributed by atoms with van der Waals surface area (Å²) in [6.45, 7) is 6.50. The van der Waals surface area contributed by atoms with Crippen LogP contribution in [0, 0.1) is 0 Å². The summed E-state index contributed by atoms with van der Waals surface area (Å²) in [6, 6.07) is 0. The smallest absolute Gasteiger partial charge is 0.309 e. The lowest BCUT2D eigenvalue weighted by molar-refractivity contribution is -0.166. The van der Waals surface area contributed by atoms with Crippen molar-refractivity contribution < 1.29 is 28.6 Å². The van der Waals surface area contributed by atoms with Crippen LogP contribution in [-0.4, -0.2) is 37.2 Å². The van der Waals surface area contributed by atoms with Crippen molar-refractivity contribution in [3.63, 3.8) is 0 Å². The van der Waals surface area contributed by atoms with Crippen LogP contribution in [0.4, 0.5) is 0 Å². The first kappa shape index (κ1) is 79.8. The topological polar surface area (TPSA) is 78.9 Å². The average molecular weight is 1160 g/mol. The van der Waals surface area contributed by atoms with Crippen molar-refractivity contribution in [1.82, 2.24) is 0 Å². The van der Waals surface area contributed by atoms with E-state index in [0.717, 1.165) is 70.6 Å². The highest BCUT2D eigenvalue weighted by atomic mass is 16.6. The van der Waals surface area contributed by atoms with Gasteiger partial charge in [-0.25, -0.2) is 0 Å². The maximum atomic E-state index is 12.9. The molecule has 0 fully saturated rings. The Morgan fingerprint density at radius 3 is 0.831 bits per heavy atom. The minimum absolute atomic E-state index is 0.100. The second kappa shape index (κ2) is 71.3. The van der Waals surface area contributed by atoms with Crippen LogP contribution in [0.25, 0.3) is 0 Å². The molecule has 1 unspecified atom stereocenters. The van der Waals surface area contributed by atoms with Gasteiger partial charge in [-0.3, -0.25) is 14.4 Å². The molecule has 83 heavy (non-hydrogen) atoms. The molecule has 0 aliphatic carbocycles. The SMILES string of the molecule is CC/C=C\C/C=C\C/C=C\C/C=C\C/C=C\CC(=O)OCC(COC(=O)CCCCCCCCCCCCCCCCCCCCC/C=C\CCCCCCCCCC)OC(=O)CCCCCCCCCCCCCCCCCCCCC. The van der Waals surface area contributed by atoms with Crippen LogP contribution in [-0.2, 0) is 28.6 Å². The number of carbonyl (C=O) groups is 3. The van der Waals surface area contributed by atoms with Gasteiger partial charge in [-0.2, -0.15) is 0 Å². The Labute approximate surface area is 516 Å². The van der Waals surface area contributed by atoms with Crippen molar-refractivity contribution in [3.05, 3.63) is 72.9 Å². The van der Waals surface area contributed by atoms with E-state index >= 15 is 0 Å². The van der Waals surface area contributed by atoms with E-state index in [1.54, 1.807) is 0 Å². The van der Waals surface area contributed by atoms with Gasteiger partial charge in [-0.1, -0.05) is 363 Å². The molecule has 0 aliphatic rings. The van der Waals surface area contributed by atoms with Crippen LogP contribution in [0.15, 0.2) is 72.9 Å². The minimum atomic E-state index is -0.814. The molecule has 0 spiro atoms. The Kier molecular flexibility index (Phi) is 68.6. The third-order valence-electron chi connectivity index (χ3n) is 16.2. The maximum absolute atomic E-state index is 12.9. The van der Waals surface area contributed by atoms with Crippen LogP contribution in [0.1, 0.15) is 380 Å². The number of hydrogen-bond donors (Lipinski definition) is 0. The van der Waals surface area contributed by atoms with Crippen molar-refractivity contribution >= 4 is 17.9 Å². The Balaban J connectivity index is 4.24. The molecular formula is C77H138O6. The molecule has 6 heteroatoms. The van der Waals surface area contributed by atoms with Gasteiger partial charge in [0.1, 0.15) is 13.2 Å². The van der Waals surface area contributed by atoms with Crippen molar-refractivity contribution in [2.75, 3.05) is 13.2 Å². The summed E-state index contributed by atoms with van der Waals surface area (Å²) in [5.41, 5.74) is 0. The van der Waals surface area contributed by atoms with Gasteiger partial charge in [0.25, 0.3) is 0 Å². The van der Waals surface area contributed by atoms with Gasteiger partial charge >= 0.3 is 17.9 Å². The molecule has 0 saturated heterocycles. The molecule has 0 rings (SSSR count). The summed E-state index contributed by atoms with van der Waals surface area (Å²) in [7, 11) is 0. The lowest BCUT2D eigenvalue weighted by Gasteiger charge is -2.18. The summed E-state index contributed by atoms with van der Waals surface area (Å²) in [5, 5.41) is 0. The summed E-state index contributed by atoms with van der Waals surface area (Å²) >= 11 is 0. The zero-order valence-corrected chi connectivity index (χ0v) is 55.5. The molecule has 0 radical (unpaired) electrons. The van der Waals surface area contributed by atoms with Gasteiger partial charge in [-0.05, 0) is 70.6 Å². The van der Waals surface area contributed by atoms with Crippen LogP contribution in [0.3, 0.4) is 0 Å². The van der Waals surface area contributed by atoms with Crippen molar-refractivity contribution in [2.24, 2.45) is 0 Å². The second-order valence-corrected chi connectivity index (χ2v) is 24.5. The Morgan fingerprint density at radius 1 is 0.265 bits per heavy atom. The third kappa shape index (κ3) is 69.5. The number of esters is 3. The number of unbranched alkanes of at least 4 members (excludes halogenated alkanes) is 45. The molecule has 0 aromatic carbocycles. The fourth-order valence-electron chi connectivity index (χ4n) is 10.8. The van der Waals surface area contributed by atoms with E-state index in [0.29, 0.717) is 12.8 Å². The maximum Gasteiger partial charge on any atom is 0.309 e. The van der Waals surface area contributed by atoms with E-state index in [2.05, 4.69) is 81.5 Å². The molecule has 0 aromatic heterocycles. The first-order valence-corrected chi connectivity index (χ1v) is 36.4. The summed E-state index contributed by atoms with van der Waals surface area (Å²) in [4.78, 5) is 38.4. The number of hydrogen-bond acceptors (Lipinski definition) is 6. The molecule has 0 amide bonds. The van der Waals surface area contributed by atoms with E-state index in [4.69, 9.17) is 14.2 Å². The molecule has 1 atom stereocenters. The summed E-state index contributed by atoms with van der Waals surface area (Å²) in [5.74, 6) is -1.01. The van der Waals surface area contributed by atoms with E-state index in [-0.39, 0.29) is 31.6 Å². The van der Waals surface area contributed by atoms with Crippen molar-refractivity contribution in [1.29, 1.82) is 0 Å². The zero-order valence-electron chi connectivity index (χ0n) is 55.5. The van der Waals surface area contributed by atoms with Gasteiger partial charge in [0.15, 0.2) is 6.10 Å². The first-order chi connectivity index (χ1) is 41.0. The molecule has 0 N–H and O–H groups in total. The zero-order chi connectivity index (χ0) is 59.9. The normalized spacial score (nSPS) is 12.5. The van der Waals surface area contributed by atoms with Gasteiger partial charge in [0.2, 0.25) is 0 Å². The minimum Gasteiger partial charge on any atom is -0.462 e. The van der Waals surface area contributed by atoms with Crippen LogP contribution < -0.4 is 0 Å². The monoisotopic (exact) mass is 1160 g/mol. The predicted molar refractivity (Wildman–Crippen MR) is 362 cm³/mol. The highest BCUT2D eigenvalue weighted by molar-refractivity contribution is 5.72. The van der Waals surface area contributed by atoms with E-state index < -0.39 is 12.1 Å². The standard InChI is InChI=1S/C77H138O6/c1-4-7-10-13-16-19-22-25-28-30-32-33-34-35-36-37-38-39-40-41-42-43-45-46-49-52-55-58-61-64-67-70-76(79)82-73-74(72-81-75(78)69-66-63-60-57-54-51-48-27-24-21-18-15-12-9-6-3)83-77(80)71-68-65-62-59-56-53-50-47-44-31-29-26-23-20-17-14-11-8-5-2/h9,12,18,21,27,30,32,48,54,57,63,66,74H,4-8,10-11,13-17,19-20,22-26,28-29,31,33-47,49-53,55-56,58-62,64-65,67-73H2,1-3H3/b12-9-,21-18-,32-30-,48-27-,57-54-,66-63-. The van der Waals surface area contributed by atoms with Crippen molar-refractivity contribution in [3.8, 4) is 0 Å². The molecule has 482 valence electrons. The van der Waals surface area contributed by atoms with Crippen molar-refractivity contribution in [2.45, 2.75) is 386 Å². The predicted octanol–water partition coefficient (Wildman–Crippen LogP) is 25.2. The Morgan fingerprint density at radius 2 is 0.518 bits per heavy atom. The first-order valence-electron chi connectivity index (χ1n) is 36.4. The molecule has 0 bridgehead atoms. The molecule has 0 saturated carbocycles. The quantitative estimate of drug-likeness (QED) is 0.0261.